The lowest BCUT2D eigenvalue weighted by Crippen LogP contribution is -2.34. The van der Waals surface area contributed by atoms with Gasteiger partial charge in [-0.25, -0.2) is 14.4 Å². The van der Waals surface area contributed by atoms with Crippen molar-refractivity contribution in [3.05, 3.63) is 71.4 Å². The van der Waals surface area contributed by atoms with Crippen LogP contribution < -0.4 is 21.7 Å². The number of carbonyl (C=O) groups excluding carboxylic acids is 2. The SMILES string of the molecule is C=C(F)C(=O)Nc1ccc(-c2c(-c3cnc(C(=O)NCC(F)(F)F)c(Cl)c3)c3c(N)ncc(C#CCNC)c3n2C)cc1. The van der Waals surface area contributed by atoms with Crippen LogP contribution in [-0.4, -0.2) is 52.7 Å². The van der Waals surface area contributed by atoms with E-state index in [1.807, 2.05) is 4.57 Å². The monoisotopic (exact) mass is 613 g/mol. The van der Waals surface area contributed by atoms with Gasteiger partial charge in [0.2, 0.25) is 0 Å². The van der Waals surface area contributed by atoms with Crippen LogP contribution >= 0.6 is 11.6 Å². The molecule has 0 unspecified atom stereocenters. The number of nitrogen functional groups attached to an aromatic ring is 1. The standard InChI is InChI=1S/C29H24ClF4N7O2/c1-15(31)27(42)40-19-8-6-16(7-9-19)24-21(18-11-20(30)23(37-13-18)28(43)39-14-29(32,33)34)22-25(41(24)3)17(5-4-10-36-2)12-38-26(22)35/h6-9,11-13,36H,1,10,14H2,2-3H3,(H2,35,38)(H,39,43)(H,40,42). The second kappa shape index (κ2) is 12.5. The van der Waals surface area contributed by atoms with Gasteiger partial charge in [0, 0.05) is 36.3 Å². The summed E-state index contributed by atoms with van der Waals surface area (Å²) in [5.74, 6) is 3.00. The predicted octanol–water partition coefficient (Wildman–Crippen LogP) is 4.82. The summed E-state index contributed by atoms with van der Waals surface area (Å²) >= 11 is 6.37. The molecule has 1 aromatic carbocycles. The highest BCUT2D eigenvalue weighted by Crippen LogP contribution is 2.44. The summed E-state index contributed by atoms with van der Waals surface area (Å²) in [6.07, 6.45) is -1.78. The maximum Gasteiger partial charge on any atom is 0.405 e. The zero-order valence-electron chi connectivity index (χ0n) is 22.8. The average Bonchev–Trinajstić information content (AvgIpc) is 3.26. The third-order valence-corrected chi connectivity index (χ3v) is 6.47. The number of hydrogen-bond donors (Lipinski definition) is 4. The quantitative estimate of drug-likeness (QED) is 0.134. The van der Waals surface area contributed by atoms with Crippen LogP contribution in [0.1, 0.15) is 16.1 Å². The average molecular weight is 614 g/mol. The first-order valence-electron chi connectivity index (χ1n) is 12.5. The van der Waals surface area contributed by atoms with Crippen LogP contribution in [0.4, 0.5) is 29.1 Å². The number of pyridine rings is 2. The topological polar surface area (TPSA) is 127 Å². The zero-order valence-corrected chi connectivity index (χ0v) is 23.5. The lowest BCUT2D eigenvalue weighted by atomic mass is 9.98. The Hall–Kier alpha value is -4.93. The van der Waals surface area contributed by atoms with E-state index in [2.05, 4.69) is 39.0 Å². The van der Waals surface area contributed by atoms with Gasteiger partial charge >= 0.3 is 6.18 Å². The highest BCUT2D eigenvalue weighted by Gasteiger charge is 2.29. The lowest BCUT2D eigenvalue weighted by Gasteiger charge is -2.12. The second-order valence-corrected chi connectivity index (χ2v) is 9.59. The number of carbonyl (C=O) groups is 2. The van der Waals surface area contributed by atoms with Crippen molar-refractivity contribution in [3.8, 4) is 34.2 Å². The Morgan fingerprint density at radius 1 is 1.14 bits per heavy atom. The zero-order chi connectivity index (χ0) is 31.5. The van der Waals surface area contributed by atoms with E-state index in [-0.39, 0.29) is 10.8 Å². The summed E-state index contributed by atoms with van der Waals surface area (Å²) in [7, 11) is 3.53. The predicted molar refractivity (Wildman–Crippen MR) is 157 cm³/mol. The molecule has 0 fully saturated rings. The molecule has 0 saturated carbocycles. The van der Waals surface area contributed by atoms with Gasteiger partial charge in [-0.05, 0) is 30.8 Å². The van der Waals surface area contributed by atoms with Crippen molar-refractivity contribution >= 4 is 45.8 Å². The summed E-state index contributed by atoms with van der Waals surface area (Å²) in [6.45, 7) is 1.84. The molecule has 14 heteroatoms. The van der Waals surface area contributed by atoms with E-state index in [1.54, 1.807) is 43.7 Å². The number of rotatable bonds is 7. The van der Waals surface area contributed by atoms with Crippen LogP contribution in [0.2, 0.25) is 5.02 Å². The molecule has 2 amide bonds. The Morgan fingerprint density at radius 3 is 2.44 bits per heavy atom. The van der Waals surface area contributed by atoms with E-state index >= 15 is 0 Å². The van der Waals surface area contributed by atoms with Crippen LogP contribution in [0, 0.1) is 11.8 Å². The molecule has 0 spiro atoms. The maximum atomic E-state index is 13.2. The molecule has 0 radical (unpaired) electrons. The number of nitrogens with two attached hydrogens (primary N) is 1. The normalized spacial score (nSPS) is 11.1. The van der Waals surface area contributed by atoms with Crippen molar-refractivity contribution in [3.63, 3.8) is 0 Å². The van der Waals surface area contributed by atoms with Crippen molar-refractivity contribution in [1.29, 1.82) is 0 Å². The number of amides is 2. The number of fused-ring (bicyclic) bond motifs is 1. The largest absolute Gasteiger partial charge is 0.405 e. The van der Waals surface area contributed by atoms with Gasteiger partial charge in [0.1, 0.15) is 18.1 Å². The molecular weight excluding hydrogens is 590 g/mol. The van der Waals surface area contributed by atoms with Gasteiger partial charge in [0.05, 0.1) is 33.7 Å². The van der Waals surface area contributed by atoms with Crippen molar-refractivity contribution < 1.29 is 27.2 Å². The lowest BCUT2D eigenvalue weighted by molar-refractivity contribution is -0.123. The number of nitrogens with zero attached hydrogens (tertiary/aromatic N) is 3. The first-order valence-corrected chi connectivity index (χ1v) is 12.9. The fraction of sp³-hybridized carbons (Fsp3) is 0.172. The first-order chi connectivity index (χ1) is 20.3. The van der Waals surface area contributed by atoms with Crippen LogP contribution in [0.3, 0.4) is 0 Å². The molecule has 222 valence electrons. The highest BCUT2D eigenvalue weighted by atomic mass is 35.5. The van der Waals surface area contributed by atoms with Crippen molar-refractivity contribution in [2.45, 2.75) is 6.18 Å². The molecule has 0 bridgehead atoms. The van der Waals surface area contributed by atoms with Crippen LogP contribution in [-0.2, 0) is 11.8 Å². The molecular formula is C29H24ClF4N7O2. The van der Waals surface area contributed by atoms with E-state index in [1.165, 1.54) is 18.5 Å². The summed E-state index contributed by atoms with van der Waals surface area (Å²) in [5.41, 5.74) is 9.59. The van der Waals surface area contributed by atoms with E-state index in [9.17, 15) is 27.2 Å². The molecule has 43 heavy (non-hydrogen) atoms. The smallest absolute Gasteiger partial charge is 0.383 e. The number of benzene rings is 1. The second-order valence-electron chi connectivity index (χ2n) is 9.18. The molecule has 0 aliphatic rings. The fourth-order valence-electron chi connectivity index (χ4n) is 4.36. The van der Waals surface area contributed by atoms with Crippen molar-refractivity contribution in [1.82, 2.24) is 25.2 Å². The number of aromatic nitrogens is 3. The number of alkyl halides is 3. The molecule has 3 heterocycles. The summed E-state index contributed by atoms with van der Waals surface area (Å²) in [4.78, 5) is 32.5. The minimum atomic E-state index is -4.61. The maximum absolute atomic E-state index is 13.2. The number of aryl methyl sites for hydroxylation is 1. The molecule has 4 aromatic rings. The third kappa shape index (κ3) is 6.77. The van der Waals surface area contributed by atoms with Gasteiger partial charge in [-0.1, -0.05) is 42.2 Å². The number of anilines is 2. The minimum absolute atomic E-state index is 0.152. The number of halogens is 5. The van der Waals surface area contributed by atoms with Gasteiger partial charge < -0.3 is 26.3 Å². The Morgan fingerprint density at radius 2 is 1.84 bits per heavy atom. The van der Waals surface area contributed by atoms with Crippen LogP contribution in [0.5, 0.6) is 0 Å². The molecule has 4 rings (SSSR count). The molecule has 0 aliphatic carbocycles. The van der Waals surface area contributed by atoms with Gasteiger partial charge in [0.15, 0.2) is 5.83 Å². The van der Waals surface area contributed by atoms with Gasteiger partial charge in [-0.2, -0.15) is 13.2 Å². The number of hydrogen-bond acceptors (Lipinski definition) is 6. The fourth-order valence-corrected chi connectivity index (χ4v) is 4.62. The Labute approximate surface area is 248 Å². The molecule has 3 aromatic heterocycles. The van der Waals surface area contributed by atoms with E-state index in [0.717, 1.165) is 0 Å². The minimum Gasteiger partial charge on any atom is -0.383 e. The molecule has 5 N–H and O–H groups in total. The third-order valence-electron chi connectivity index (χ3n) is 6.18. The molecule has 0 saturated heterocycles. The van der Waals surface area contributed by atoms with Crippen LogP contribution in [0.25, 0.3) is 33.3 Å². The summed E-state index contributed by atoms with van der Waals surface area (Å²) in [6, 6.07) is 7.88. The number of nitrogens with one attached hydrogen (secondary N) is 3. The van der Waals surface area contributed by atoms with Gasteiger partial charge in [-0.3, -0.25) is 9.59 Å². The van der Waals surface area contributed by atoms with Crippen molar-refractivity contribution in [2.24, 2.45) is 7.05 Å². The Bertz CT molecular complexity index is 1810. The highest BCUT2D eigenvalue weighted by molar-refractivity contribution is 6.34. The van der Waals surface area contributed by atoms with Crippen molar-refractivity contribution in [2.75, 3.05) is 31.2 Å². The Balaban J connectivity index is 1.92. The van der Waals surface area contributed by atoms with E-state index in [0.29, 0.717) is 51.1 Å². The molecule has 0 aliphatic heterocycles. The summed E-state index contributed by atoms with van der Waals surface area (Å²) < 4.78 is 52.9. The molecule has 0 atom stereocenters. The first kappa shape index (κ1) is 31.0. The Kier molecular flexibility index (Phi) is 9.03. The van der Waals surface area contributed by atoms with Gasteiger partial charge in [-0.15, -0.1) is 0 Å². The summed E-state index contributed by atoms with van der Waals surface area (Å²) in [5, 5.41) is 7.38. The van der Waals surface area contributed by atoms with Gasteiger partial charge in [0.25, 0.3) is 11.8 Å². The molecule has 9 nitrogen and oxygen atoms in total. The van der Waals surface area contributed by atoms with E-state index in [4.69, 9.17) is 17.3 Å². The van der Waals surface area contributed by atoms with E-state index < -0.39 is 36.1 Å². The van der Waals surface area contributed by atoms with Crippen LogP contribution in [0.15, 0.2) is 55.1 Å².